The topological polar surface area (TPSA) is 12.5 Å². The summed E-state index contributed by atoms with van der Waals surface area (Å²) in [5.74, 6) is 0. The van der Waals surface area contributed by atoms with Crippen LogP contribution < -0.4 is 0 Å². The number of ether oxygens (including phenoxy) is 1. The normalized spacial score (nSPS) is 32.6. The fourth-order valence-corrected chi connectivity index (χ4v) is 2.16. The molecule has 0 radical (unpaired) electrons. The van der Waals surface area contributed by atoms with Gasteiger partial charge in [-0.25, -0.2) is 0 Å². The van der Waals surface area contributed by atoms with Crippen molar-refractivity contribution in [2.24, 2.45) is 0 Å². The third-order valence-corrected chi connectivity index (χ3v) is 2.70. The molecular formula is C4H9ClOSi. The Morgan fingerprint density at radius 2 is 2.57 bits per heavy atom. The van der Waals surface area contributed by atoms with Crippen LogP contribution in [0.2, 0.25) is 12.6 Å². The second-order valence-electron chi connectivity index (χ2n) is 1.97. The van der Waals surface area contributed by atoms with Crippen LogP contribution in [0.3, 0.4) is 0 Å². The maximum atomic E-state index is 5.77. The Hall–Kier alpha value is 0.467. The Morgan fingerprint density at radius 3 is 2.71 bits per heavy atom. The van der Waals surface area contributed by atoms with Gasteiger partial charge in [0.15, 0.2) is 0 Å². The van der Waals surface area contributed by atoms with Crippen molar-refractivity contribution in [1.29, 1.82) is 0 Å². The summed E-state index contributed by atoms with van der Waals surface area (Å²) in [7, 11) is -0.819. The van der Waals surface area contributed by atoms with Gasteiger partial charge in [0.1, 0.15) is 8.11 Å². The summed E-state index contributed by atoms with van der Waals surface area (Å²) in [4.78, 5) is 0. The van der Waals surface area contributed by atoms with Gasteiger partial charge in [0.25, 0.3) is 0 Å². The van der Waals surface area contributed by atoms with Gasteiger partial charge in [0.05, 0.1) is 12.7 Å². The molecule has 1 nitrogen and oxygen atoms in total. The van der Waals surface area contributed by atoms with Crippen LogP contribution >= 0.6 is 11.1 Å². The highest BCUT2D eigenvalue weighted by Gasteiger charge is 2.24. The number of rotatable bonds is 2. The van der Waals surface area contributed by atoms with E-state index in [4.69, 9.17) is 15.8 Å². The van der Waals surface area contributed by atoms with E-state index in [1.54, 1.807) is 0 Å². The monoisotopic (exact) mass is 136 g/mol. The lowest BCUT2D eigenvalue weighted by Crippen LogP contribution is -1.99. The molecule has 2 unspecified atom stereocenters. The van der Waals surface area contributed by atoms with Crippen molar-refractivity contribution in [3.8, 4) is 0 Å². The molecule has 1 rings (SSSR count). The number of halogens is 1. The van der Waals surface area contributed by atoms with Crippen LogP contribution in [0.5, 0.6) is 0 Å². The summed E-state index contributed by atoms with van der Waals surface area (Å²) in [6.07, 6.45) is 0.555. The van der Waals surface area contributed by atoms with E-state index in [1.807, 2.05) is 0 Å². The van der Waals surface area contributed by atoms with E-state index in [-0.39, 0.29) is 0 Å². The van der Waals surface area contributed by atoms with Crippen molar-refractivity contribution < 1.29 is 4.74 Å². The minimum Gasteiger partial charge on any atom is -0.373 e. The van der Waals surface area contributed by atoms with Gasteiger partial charge in [-0.2, -0.15) is 11.1 Å². The molecule has 0 amide bonds. The van der Waals surface area contributed by atoms with Gasteiger partial charge in [-0.3, -0.25) is 0 Å². The highest BCUT2D eigenvalue weighted by Crippen LogP contribution is 2.17. The van der Waals surface area contributed by atoms with Gasteiger partial charge in [-0.05, 0) is 6.04 Å². The summed E-state index contributed by atoms with van der Waals surface area (Å²) < 4.78 is 4.97. The predicted octanol–water partition coefficient (Wildman–Crippen LogP) is 0.978. The third kappa shape index (κ3) is 2.31. The van der Waals surface area contributed by atoms with Gasteiger partial charge >= 0.3 is 0 Å². The lowest BCUT2D eigenvalue weighted by Gasteiger charge is -1.90. The summed E-state index contributed by atoms with van der Waals surface area (Å²) >= 11 is 5.77. The van der Waals surface area contributed by atoms with E-state index >= 15 is 0 Å². The van der Waals surface area contributed by atoms with E-state index in [9.17, 15) is 0 Å². The highest BCUT2D eigenvalue weighted by molar-refractivity contribution is 7.06. The molecule has 0 aromatic heterocycles. The molecule has 1 heterocycles. The van der Waals surface area contributed by atoms with Crippen LogP contribution in [0.1, 0.15) is 0 Å². The first-order chi connectivity index (χ1) is 3.29. The Bertz CT molecular complexity index is 62.7. The molecule has 0 aromatic carbocycles. The summed E-state index contributed by atoms with van der Waals surface area (Å²) in [5, 5.41) is 0. The summed E-state index contributed by atoms with van der Waals surface area (Å²) in [6.45, 7) is 3.09. The zero-order chi connectivity index (χ0) is 5.28. The molecular weight excluding hydrogens is 128 g/mol. The van der Waals surface area contributed by atoms with Crippen LogP contribution in [0.4, 0.5) is 0 Å². The van der Waals surface area contributed by atoms with Crippen LogP contribution in [0.15, 0.2) is 0 Å². The molecule has 7 heavy (non-hydrogen) atoms. The standard InChI is InChI=1S/C4H9ClOSi/c1-7(5)3-4-2-6-4/h4,7H,2-3H2,1H3. The fraction of sp³-hybridized carbons (Fsp3) is 1.00. The number of hydrogen-bond donors (Lipinski definition) is 0. The molecule has 0 aliphatic carbocycles. The number of epoxide rings is 1. The molecule has 0 bridgehead atoms. The lowest BCUT2D eigenvalue weighted by molar-refractivity contribution is 0.422. The van der Waals surface area contributed by atoms with E-state index in [2.05, 4.69) is 6.55 Å². The molecule has 1 aliphatic heterocycles. The molecule has 0 saturated carbocycles. The van der Waals surface area contributed by atoms with Crippen LogP contribution in [-0.2, 0) is 4.74 Å². The van der Waals surface area contributed by atoms with Gasteiger partial charge in [0.2, 0.25) is 0 Å². The highest BCUT2D eigenvalue weighted by atomic mass is 35.6. The SMILES string of the molecule is C[SiH](Cl)CC1CO1. The molecule has 0 aromatic rings. The number of hydrogen-bond acceptors (Lipinski definition) is 1. The largest absolute Gasteiger partial charge is 0.373 e. The third-order valence-electron chi connectivity index (χ3n) is 0.990. The molecule has 0 spiro atoms. The molecule has 1 fully saturated rings. The van der Waals surface area contributed by atoms with E-state index in [0.717, 1.165) is 12.7 Å². The van der Waals surface area contributed by atoms with Crippen LogP contribution in [0.25, 0.3) is 0 Å². The first-order valence-corrected chi connectivity index (χ1v) is 6.26. The van der Waals surface area contributed by atoms with Crippen molar-refractivity contribution in [3.05, 3.63) is 0 Å². The second kappa shape index (κ2) is 2.16. The van der Waals surface area contributed by atoms with Crippen molar-refractivity contribution in [2.45, 2.75) is 18.7 Å². The van der Waals surface area contributed by atoms with Gasteiger partial charge < -0.3 is 4.74 Å². The Kier molecular flexibility index (Phi) is 1.73. The first kappa shape index (κ1) is 5.60. The average molecular weight is 137 g/mol. The van der Waals surface area contributed by atoms with Crippen molar-refractivity contribution in [3.63, 3.8) is 0 Å². The Morgan fingerprint density at radius 1 is 2.00 bits per heavy atom. The molecule has 0 N–H and O–H groups in total. The van der Waals surface area contributed by atoms with Crippen molar-refractivity contribution in [2.75, 3.05) is 6.61 Å². The molecule has 1 saturated heterocycles. The lowest BCUT2D eigenvalue weighted by atomic mass is 10.6. The smallest absolute Gasteiger partial charge is 0.140 e. The molecule has 2 atom stereocenters. The maximum absolute atomic E-state index is 5.77. The van der Waals surface area contributed by atoms with Crippen molar-refractivity contribution >= 4 is 19.2 Å². The minimum absolute atomic E-state index is 0.555. The maximum Gasteiger partial charge on any atom is 0.140 e. The zero-order valence-corrected chi connectivity index (χ0v) is 6.27. The van der Waals surface area contributed by atoms with E-state index in [0.29, 0.717) is 6.10 Å². The summed E-state index contributed by atoms with van der Waals surface area (Å²) in [5.41, 5.74) is 0. The van der Waals surface area contributed by atoms with Gasteiger partial charge in [-0.1, -0.05) is 6.55 Å². The predicted molar refractivity (Wildman–Crippen MR) is 33.4 cm³/mol. The van der Waals surface area contributed by atoms with Crippen molar-refractivity contribution in [1.82, 2.24) is 0 Å². The molecule has 3 heteroatoms. The molecule has 1 aliphatic rings. The van der Waals surface area contributed by atoms with E-state index < -0.39 is 8.11 Å². The first-order valence-electron chi connectivity index (χ1n) is 2.54. The zero-order valence-electron chi connectivity index (χ0n) is 4.36. The average Bonchev–Trinajstić information content (AvgIpc) is 2.17. The Balaban J connectivity index is 1.97. The molecule has 42 valence electrons. The van der Waals surface area contributed by atoms with E-state index in [1.165, 1.54) is 0 Å². The van der Waals surface area contributed by atoms with Crippen LogP contribution in [-0.4, -0.2) is 20.8 Å². The quantitative estimate of drug-likeness (QED) is 0.313. The second-order valence-corrected chi connectivity index (χ2v) is 6.24. The van der Waals surface area contributed by atoms with Crippen LogP contribution in [0, 0.1) is 0 Å². The summed E-state index contributed by atoms with van der Waals surface area (Å²) in [6, 6.07) is 1.15. The fourth-order valence-electron chi connectivity index (χ4n) is 0.566. The minimum atomic E-state index is -0.819. The van der Waals surface area contributed by atoms with Gasteiger partial charge in [0, 0.05) is 0 Å². The Labute approximate surface area is 49.9 Å². The van der Waals surface area contributed by atoms with Gasteiger partial charge in [-0.15, -0.1) is 0 Å².